The minimum atomic E-state index is -0.607. The molecule has 0 aliphatic rings. The summed E-state index contributed by atoms with van der Waals surface area (Å²) in [5.74, 6) is 1.72. The Morgan fingerprint density at radius 3 is 2.60 bits per heavy atom. The van der Waals surface area contributed by atoms with Gasteiger partial charge in [-0.1, -0.05) is 31.7 Å². The number of hydrogen-bond acceptors (Lipinski definition) is 4. The van der Waals surface area contributed by atoms with Crippen molar-refractivity contribution in [3.05, 3.63) is 61.2 Å². The van der Waals surface area contributed by atoms with Crippen LogP contribution in [0.4, 0.5) is 5.69 Å². The predicted octanol–water partition coefficient (Wildman–Crippen LogP) is 4.06. The Morgan fingerprint density at radius 1 is 1.16 bits per heavy atom. The van der Waals surface area contributed by atoms with Gasteiger partial charge in [-0.3, -0.25) is 4.79 Å². The molecule has 0 saturated heterocycles. The Balaban J connectivity index is 2.03. The average Bonchev–Trinajstić information content (AvgIpc) is 2.64. The van der Waals surface area contributed by atoms with Crippen LogP contribution in [0.1, 0.15) is 13.3 Å². The summed E-state index contributed by atoms with van der Waals surface area (Å²) in [6.45, 7) is 5.92. The van der Waals surface area contributed by atoms with Gasteiger partial charge in [-0.05, 0) is 30.7 Å². The summed E-state index contributed by atoms with van der Waals surface area (Å²) in [5, 5.41) is 2.86. The molecule has 0 saturated carbocycles. The molecule has 1 amide bonds. The van der Waals surface area contributed by atoms with Crippen molar-refractivity contribution in [3.63, 3.8) is 0 Å². The molecule has 2 rings (SSSR count). The quantitative estimate of drug-likeness (QED) is 0.699. The first-order valence-electron chi connectivity index (χ1n) is 8.11. The van der Waals surface area contributed by atoms with E-state index in [0.717, 1.165) is 0 Å². The van der Waals surface area contributed by atoms with E-state index in [-0.39, 0.29) is 5.91 Å². The van der Waals surface area contributed by atoms with E-state index in [4.69, 9.17) is 14.2 Å². The Kier molecular flexibility index (Phi) is 6.89. The molecule has 0 aliphatic heterocycles. The standard InChI is InChI=1S/C20H23NO4/c1-4-12-24-17-10-6-8-15(13-17)21-20(22)19(5-2)25-18-11-7-9-16(14-18)23-3/h4,6-11,13-14,19H,1,5,12H2,2-3H3,(H,21,22)/t19-/m1/s1. The number of carbonyl (C=O) groups is 1. The molecule has 0 bridgehead atoms. The Hall–Kier alpha value is -2.95. The molecule has 0 aliphatic carbocycles. The van der Waals surface area contributed by atoms with Crippen molar-refractivity contribution in [1.29, 1.82) is 0 Å². The number of carbonyl (C=O) groups excluding carboxylic acids is 1. The summed E-state index contributed by atoms with van der Waals surface area (Å²) in [6.07, 6.45) is 1.60. The van der Waals surface area contributed by atoms with Crippen molar-refractivity contribution in [2.24, 2.45) is 0 Å². The van der Waals surface area contributed by atoms with Crippen LogP contribution in [-0.2, 0) is 4.79 Å². The van der Waals surface area contributed by atoms with Gasteiger partial charge in [0.15, 0.2) is 6.10 Å². The molecule has 132 valence electrons. The number of hydrogen-bond donors (Lipinski definition) is 1. The molecule has 2 aromatic rings. The average molecular weight is 341 g/mol. The van der Waals surface area contributed by atoms with E-state index in [1.165, 1.54) is 0 Å². The number of methoxy groups -OCH3 is 1. The lowest BCUT2D eigenvalue weighted by Crippen LogP contribution is -2.32. The lowest BCUT2D eigenvalue weighted by molar-refractivity contribution is -0.122. The topological polar surface area (TPSA) is 56.8 Å². The van der Waals surface area contributed by atoms with Gasteiger partial charge in [0.25, 0.3) is 5.91 Å². The normalized spacial score (nSPS) is 11.3. The van der Waals surface area contributed by atoms with Gasteiger partial charge >= 0.3 is 0 Å². The van der Waals surface area contributed by atoms with Crippen LogP contribution >= 0.6 is 0 Å². The van der Waals surface area contributed by atoms with Crippen molar-refractivity contribution >= 4 is 11.6 Å². The predicted molar refractivity (Wildman–Crippen MR) is 98.5 cm³/mol. The highest BCUT2D eigenvalue weighted by Crippen LogP contribution is 2.22. The van der Waals surface area contributed by atoms with E-state index in [1.54, 1.807) is 37.5 Å². The van der Waals surface area contributed by atoms with Gasteiger partial charge in [-0.15, -0.1) is 0 Å². The first kappa shape index (κ1) is 18.4. The van der Waals surface area contributed by atoms with Crippen molar-refractivity contribution in [2.75, 3.05) is 19.0 Å². The smallest absolute Gasteiger partial charge is 0.265 e. The Labute approximate surface area is 148 Å². The first-order chi connectivity index (χ1) is 12.2. The molecule has 0 aromatic heterocycles. The second kappa shape index (κ2) is 9.37. The van der Waals surface area contributed by atoms with Crippen molar-refractivity contribution in [2.45, 2.75) is 19.4 Å². The number of nitrogens with one attached hydrogen (secondary N) is 1. The SMILES string of the molecule is C=CCOc1cccc(NC(=O)[C@@H](CC)Oc2cccc(OC)c2)c1. The maximum atomic E-state index is 12.5. The van der Waals surface area contributed by atoms with Gasteiger partial charge in [0.2, 0.25) is 0 Å². The van der Waals surface area contributed by atoms with E-state index in [2.05, 4.69) is 11.9 Å². The second-order valence-corrected chi connectivity index (χ2v) is 5.31. The summed E-state index contributed by atoms with van der Waals surface area (Å²) in [7, 11) is 1.59. The maximum Gasteiger partial charge on any atom is 0.265 e. The largest absolute Gasteiger partial charge is 0.497 e. The van der Waals surface area contributed by atoms with Crippen molar-refractivity contribution in [1.82, 2.24) is 0 Å². The minimum absolute atomic E-state index is 0.216. The summed E-state index contributed by atoms with van der Waals surface area (Å²) >= 11 is 0. The van der Waals surface area contributed by atoms with Crippen LogP contribution in [0.15, 0.2) is 61.2 Å². The van der Waals surface area contributed by atoms with Gasteiger partial charge in [0, 0.05) is 17.8 Å². The van der Waals surface area contributed by atoms with Crippen molar-refractivity contribution in [3.8, 4) is 17.2 Å². The molecule has 0 spiro atoms. The molecule has 5 nitrogen and oxygen atoms in total. The molecular weight excluding hydrogens is 318 g/mol. The third kappa shape index (κ3) is 5.57. The summed E-state index contributed by atoms with van der Waals surface area (Å²) in [6, 6.07) is 14.4. The zero-order chi connectivity index (χ0) is 18.1. The van der Waals surface area contributed by atoms with Crippen LogP contribution in [0.2, 0.25) is 0 Å². The van der Waals surface area contributed by atoms with Gasteiger partial charge < -0.3 is 19.5 Å². The van der Waals surface area contributed by atoms with Crippen LogP contribution < -0.4 is 19.5 Å². The second-order valence-electron chi connectivity index (χ2n) is 5.31. The van der Waals surface area contributed by atoms with E-state index in [9.17, 15) is 4.79 Å². The fourth-order valence-electron chi connectivity index (χ4n) is 2.20. The number of anilines is 1. The lowest BCUT2D eigenvalue weighted by atomic mass is 10.2. The summed E-state index contributed by atoms with van der Waals surface area (Å²) < 4.78 is 16.4. The highest BCUT2D eigenvalue weighted by Gasteiger charge is 2.19. The van der Waals surface area contributed by atoms with Gasteiger partial charge in [-0.25, -0.2) is 0 Å². The molecule has 25 heavy (non-hydrogen) atoms. The third-order valence-electron chi connectivity index (χ3n) is 3.45. The van der Waals surface area contributed by atoms with E-state index < -0.39 is 6.10 Å². The number of amides is 1. The zero-order valence-corrected chi connectivity index (χ0v) is 14.5. The van der Waals surface area contributed by atoms with E-state index >= 15 is 0 Å². The van der Waals surface area contributed by atoms with Gasteiger partial charge in [-0.2, -0.15) is 0 Å². The summed E-state index contributed by atoms with van der Waals surface area (Å²) in [4.78, 5) is 12.5. The monoisotopic (exact) mass is 341 g/mol. The molecule has 0 radical (unpaired) electrons. The van der Waals surface area contributed by atoms with E-state index in [1.807, 2.05) is 31.2 Å². The molecular formula is C20H23NO4. The van der Waals surface area contributed by atoms with Gasteiger partial charge in [0.05, 0.1) is 7.11 Å². The molecule has 0 heterocycles. The number of rotatable bonds is 9. The Morgan fingerprint density at radius 2 is 1.88 bits per heavy atom. The minimum Gasteiger partial charge on any atom is -0.497 e. The molecule has 1 atom stereocenters. The zero-order valence-electron chi connectivity index (χ0n) is 14.5. The number of ether oxygens (including phenoxy) is 3. The molecule has 0 fully saturated rings. The van der Waals surface area contributed by atoms with E-state index in [0.29, 0.717) is 36.0 Å². The number of benzene rings is 2. The lowest BCUT2D eigenvalue weighted by Gasteiger charge is -2.18. The fraction of sp³-hybridized carbons (Fsp3) is 0.250. The molecule has 5 heteroatoms. The molecule has 2 aromatic carbocycles. The van der Waals surface area contributed by atoms with Gasteiger partial charge in [0.1, 0.15) is 23.9 Å². The summed E-state index contributed by atoms with van der Waals surface area (Å²) in [5.41, 5.74) is 0.652. The van der Waals surface area contributed by atoms with Crippen molar-refractivity contribution < 1.29 is 19.0 Å². The molecule has 1 N–H and O–H groups in total. The maximum absolute atomic E-state index is 12.5. The third-order valence-corrected chi connectivity index (χ3v) is 3.45. The fourth-order valence-corrected chi connectivity index (χ4v) is 2.20. The molecule has 0 unspecified atom stereocenters. The van der Waals surface area contributed by atoms with Crippen LogP contribution in [0, 0.1) is 0 Å². The van der Waals surface area contributed by atoms with Crippen LogP contribution in [-0.4, -0.2) is 25.7 Å². The highest BCUT2D eigenvalue weighted by molar-refractivity contribution is 5.94. The highest BCUT2D eigenvalue weighted by atomic mass is 16.5. The van der Waals surface area contributed by atoms with Crippen LogP contribution in [0.3, 0.4) is 0 Å². The van der Waals surface area contributed by atoms with Crippen LogP contribution in [0.5, 0.6) is 17.2 Å². The Bertz CT molecular complexity index is 714. The van der Waals surface area contributed by atoms with Crippen LogP contribution in [0.25, 0.3) is 0 Å². The first-order valence-corrected chi connectivity index (χ1v) is 8.11.